The lowest BCUT2D eigenvalue weighted by Crippen LogP contribution is -2.51. The Hall–Kier alpha value is -1.66. The molecule has 0 radical (unpaired) electrons. The van der Waals surface area contributed by atoms with Crippen LogP contribution in [-0.2, 0) is 28.5 Å². The minimum absolute atomic E-state index is 0.0199. The quantitative estimate of drug-likeness (QED) is 0.187. The lowest BCUT2D eigenvalue weighted by atomic mass is 9.47. The molecule has 0 amide bonds. The van der Waals surface area contributed by atoms with Crippen LogP contribution in [0.4, 0.5) is 0 Å². The van der Waals surface area contributed by atoms with Crippen LogP contribution < -0.4 is 0 Å². The Bertz CT molecular complexity index is 1060. The number of carbonyl (C=O) groups is 2. The van der Waals surface area contributed by atoms with Crippen LogP contribution in [0.2, 0.25) is 0 Å². The average Bonchev–Trinajstić information content (AvgIpc) is 3.30. The van der Waals surface area contributed by atoms with E-state index in [1.54, 1.807) is 11.6 Å². The predicted molar refractivity (Wildman–Crippen MR) is 168 cm³/mol. The fourth-order valence-electron chi connectivity index (χ4n) is 10.3. The van der Waals surface area contributed by atoms with Crippen molar-refractivity contribution in [3.05, 3.63) is 23.8 Å². The van der Waals surface area contributed by atoms with E-state index in [4.69, 9.17) is 18.9 Å². The number of rotatable bonds is 10. The molecule has 242 valence electrons. The van der Waals surface area contributed by atoms with Gasteiger partial charge in [-0.15, -0.1) is 0 Å². The summed E-state index contributed by atoms with van der Waals surface area (Å²) in [5.74, 6) is 4.24. The third-order valence-electron chi connectivity index (χ3n) is 12.5. The molecule has 5 rings (SSSR count). The molecule has 1 heterocycles. The van der Waals surface area contributed by atoms with Gasteiger partial charge in [0.1, 0.15) is 18.8 Å². The van der Waals surface area contributed by atoms with Crippen molar-refractivity contribution >= 4 is 11.9 Å². The molecule has 1 aliphatic heterocycles. The van der Waals surface area contributed by atoms with Gasteiger partial charge in [-0.1, -0.05) is 65.5 Å². The molecule has 0 aromatic carbocycles. The van der Waals surface area contributed by atoms with Crippen molar-refractivity contribution in [3.63, 3.8) is 0 Å². The minimum atomic E-state index is -0.598. The first kappa shape index (κ1) is 32.7. The fraction of sp³-hybridized carbons (Fsp3) is 0.838. The highest BCUT2D eigenvalue weighted by molar-refractivity contribution is 5.66. The number of fused-ring (bicyclic) bond motifs is 5. The smallest absolute Gasteiger partial charge is 0.303 e. The summed E-state index contributed by atoms with van der Waals surface area (Å²) in [6.45, 7) is 15.3. The first-order valence-electron chi connectivity index (χ1n) is 17.4. The van der Waals surface area contributed by atoms with Crippen molar-refractivity contribution in [2.75, 3.05) is 6.61 Å². The van der Waals surface area contributed by atoms with Gasteiger partial charge in [0.2, 0.25) is 0 Å². The molecule has 0 N–H and O–H groups in total. The average molecular weight is 599 g/mol. The van der Waals surface area contributed by atoms with Gasteiger partial charge in [-0.2, -0.15) is 0 Å². The molecule has 3 fully saturated rings. The van der Waals surface area contributed by atoms with Gasteiger partial charge in [0, 0.05) is 13.8 Å². The lowest BCUT2D eigenvalue weighted by molar-refractivity contribution is -0.213. The summed E-state index contributed by atoms with van der Waals surface area (Å²) in [4.78, 5) is 23.0. The number of hydrogen-bond acceptors (Lipinski definition) is 6. The first-order chi connectivity index (χ1) is 20.4. The van der Waals surface area contributed by atoms with Crippen LogP contribution in [-0.4, -0.2) is 43.1 Å². The maximum Gasteiger partial charge on any atom is 0.303 e. The molecule has 5 aliphatic rings. The Morgan fingerprint density at radius 1 is 0.977 bits per heavy atom. The predicted octanol–water partition coefficient (Wildman–Crippen LogP) is 8.19. The van der Waals surface area contributed by atoms with Crippen LogP contribution in [0.25, 0.3) is 0 Å². The number of esters is 2. The molecule has 2 unspecified atom stereocenters. The molecule has 0 aromatic rings. The zero-order valence-corrected chi connectivity index (χ0v) is 27.9. The summed E-state index contributed by atoms with van der Waals surface area (Å²) in [5.41, 5.74) is 2.38. The van der Waals surface area contributed by atoms with Crippen LogP contribution in [0, 0.1) is 46.3 Å². The largest absolute Gasteiger partial charge is 0.463 e. The Balaban J connectivity index is 1.21. The molecule has 6 nitrogen and oxygen atoms in total. The molecule has 4 aliphatic carbocycles. The van der Waals surface area contributed by atoms with Crippen molar-refractivity contribution in [1.29, 1.82) is 0 Å². The molecule has 11 atom stereocenters. The maximum atomic E-state index is 11.6. The van der Waals surface area contributed by atoms with E-state index >= 15 is 0 Å². The lowest BCUT2D eigenvalue weighted by Gasteiger charge is -2.58. The van der Waals surface area contributed by atoms with Crippen LogP contribution in [0.3, 0.4) is 0 Å². The third-order valence-corrected chi connectivity index (χ3v) is 12.5. The molecule has 0 saturated heterocycles. The fourth-order valence-corrected chi connectivity index (χ4v) is 10.3. The van der Waals surface area contributed by atoms with Crippen LogP contribution in [0.1, 0.15) is 119 Å². The number of hydrogen-bond donors (Lipinski definition) is 0. The van der Waals surface area contributed by atoms with Gasteiger partial charge < -0.3 is 18.9 Å². The Labute approximate surface area is 260 Å². The molecule has 3 saturated carbocycles. The highest BCUT2D eigenvalue weighted by atomic mass is 16.7. The summed E-state index contributed by atoms with van der Waals surface area (Å²) in [6, 6.07) is 0. The van der Waals surface area contributed by atoms with Gasteiger partial charge in [0.25, 0.3) is 0 Å². The summed E-state index contributed by atoms with van der Waals surface area (Å²) in [5, 5.41) is 0. The third kappa shape index (κ3) is 6.95. The van der Waals surface area contributed by atoms with E-state index in [1.165, 1.54) is 65.2 Å². The molecule has 6 heteroatoms. The van der Waals surface area contributed by atoms with Crippen molar-refractivity contribution in [1.82, 2.24) is 0 Å². The van der Waals surface area contributed by atoms with Crippen molar-refractivity contribution < 1.29 is 28.5 Å². The molecule has 0 bridgehead atoms. The second-order valence-corrected chi connectivity index (χ2v) is 15.6. The number of ether oxygens (including phenoxy) is 4. The zero-order chi connectivity index (χ0) is 30.9. The molecular weight excluding hydrogens is 540 g/mol. The van der Waals surface area contributed by atoms with E-state index in [1.807, 2.05) is 6.08 Å². The summed E-state index contributed by atoms with van der Waals surface area (Å²) in [7, 11) is 0. The monoisotopic (exact) mass is 598 g/mol. The minimum Gasteiger partial charge on any atom is -0.463 e. The zero-order valence-electron chi connectivity index (χ0n) is 27.9. The van der Waals surface area contributed by atoms with Gasteiger partial charge in [0.05, 0.1) is 6.10 Å². The van der Waals surface area contributed by atoms with Crippen LogP contribution in [0.5, 0.6) is 0 Å². The van der Waals surface area contributed by atoms with E-state index in [2.05, 4.69) is 40.7 Å². The van der Waals surface area contributed by atoms with Crippen molar-refractivity contribution in [2.45, 2.75) is 144 Å². The van der Waals surface area contributed by atoms with Crippen LogP contribution >= 0.6 is 0 Å². The van der Waals surface area contributed by atoms with E-state index in [0.29, 0.717) is 5.41 Å². The molecule has 0 spiro atoms. The molecule has 43 heavy (non-hydrogen) atoms. The van der Waals surface area contributed by atoms with Gasteiger partial charge in [0.15, 0.2) is 6.29 Å². The molecule has 0 aromatic heterocycles. The van der Waals surface area contributed by atoms with E-state index in [-0.39, 0.29) is 18.1 Å². The van der Waals surface area contributed by atoms with Gasteiger partial charge in [-0.3, -0.25) is 9.59 Å². The summed E-state index contributed by atoms with van der Waals surface area (Å²) < 4.78 is 23.2. The molecular formula is C37H58O6. The SMILES string of the molecule is CC(=O)OC[C@H]1OC(OC2CC[C@@]3(C)C(=CC[C@H]4[C@@H]5CC[C@H]([C@H](C)CCCC(C)C)[C@@]5(C)CC[C@@H]43)C2)C=C[C@@H]1OC(C)=O. The number of carbonyl (C=O) groups excluding carboxylic acids is 2. The Morgan fingerprint density at radius 3 is 2.49 bits per heavy atom. The van der Waals surface area contributed by atoms with Crippen molar-refractivity contribution in [2.24, 2.45) is 46.3 Å². The van der Waals surface area contributed by atoms with Gasteiger partial charge in [-0.05, 0) is 110 Å². The van der Waals surface area contributed by atoms with Crippen LogP contribution in [0.15, 0.2) is 23.8 Å². The summed E-state index contributed by atoms with van der Waals surface area (Å²) >= 11 is 0. The number of allylic oxidation sites excluding steroid dienone is 1. The van der Waals surface area contributed by atoms with Gasteiger partial charge in [-0.25, -0.2) is 0 Å². The Kier molecular flexibility index (Phi) is 10.2. The standard InChI is InChI=1S/C37H58O6/c1-23(2)9-8-10-24(3)30-13-14-31-29-12-11-27-21-28(17-19-36(27,6)32(29)18-20-37(30,31)7)42-35-16-15-33(41-26(5)39)34(43-35)22-40-25(4)38/h11,15-16,23-24,28-35H,8-10,12-14,17-22H2,1-7H3/t24-,28?,29+,30-,31+,32+,33+,34-,35?,36+,37-/m1/s1. The Morgan fingerprint density at radius 2 is 1.77 bits per heavy atom. The second-order valence-electron chi connectivity index (χ2n) is 15.6. The second kappa shape index (κ2) is 13.4. The highest BCUT2D eigenvalue weighted by Crippen LogP contribution is 2.67. The van der Waals surface area contributed by atoms with Crippen molar-refractivity contribution in [3.8, 4) is 0 Å². The van der Waals surface area contributed by atoms with Gasteiger partial charge >= 0.3 is 11.9 Å². The highest BCUT2D eigenvalue weighted by Gasteiger charge is 2.59. The van der Waals surface area contributed by atoms with E-state index in [0.717, 1.165) is 54.8 Å². The first-order valence-corrected chi connectivity index (χ1v) is 17.4. The van der Waals surface area contributed by atoms with E-state index in [9.17, 15) is 9.59 Å². The van der Waals surface area contributed by atoms with E-state index < -0.39 is 30.4 Å². The maximum absolute atomic E-state index is 11.6. The summed E-state index contributed by atoms with van der Waals surface area (Å²) in [6.07, 6.45) is 18.7. The topological polar surface area (TPSA) is 71.1 Å². The normalized spacial score (nSPS) is 41.1.